The summed E-state index contributed by atoms with van der Waals surface area (Å²) >= 11 is 0. The Morgan fingerprint density at radius 2 is 2.47 bits per heavy atom. The highest BCUT2D eigenvalue weighted by Crippen LogP contribution is 2.20. The number of hydrogen-bond acceptors (Lipinski definition) is 4. The summed E-state index contributed by atoms with van der Waals surface area (Å²) in [7, 11) is 0. The lowest BCUT2D eigenvalue weighted by molar-refractivity contribution is -0.150. The predicted molar refractivity (Wildman–Crippen MR) is 59.4 cm³/mol. The molecule has 1 fully saturated rings. The number of hydrogen-bond donors (Lipinski definition) is 1. The fraction of sp³-hybridized carbons (Fsp3) is 0.500. The third kappa shape index (κ3) is 3.51. The maximum atomic E-state index is 10.7. The van der Waals surface area contributed by atoms with E-state index in [9.17, 15) is 4.79 Å². The van der Waals surface area contributed by atoms with Crippen LogP contribution in [0.15, 0.2) is 24.5 Å². The first-order valence-electron chi connectivity index (χ1n) is 5.60. The second-order valence-corrected chi connectivity index (χ2v) is 4.04. The number of rotatable bonds is 5. The van der Waals surface area contributed by atoms with Gasteiger partial charge in [0.15, 0.2) is 6.10 Å². The molecule has 0 aromatic carbocycles. The first kappa shape index (κ1) is 12.0. The Bertz CT molecular complexity index is 368. The highest BCUT2D eigenvalue weighted by molar-refractivity contribution is 5.72. The summed E-state index contributed by atoms with van der Waals surface area (Å²) in [6, 6.07) is 3.79. The van der Waals surface area contributed by atoms with Crippen LogP contribution in [0.3, 0.4) is 0 Å². The maximum absolute atomic E-state index is 10.7. The zero-order chi connectivity index (χ0) is 12.1. The van der Waals surface area contributed by atoms with Gasteiger partial charge in [-0.1, -0.05) is 6.07 Å². The lowest BCUT2D eigenvalue weighted by atomic mass is 10.2. The fourth-order valence-corrected chi connectivity index (χ4v) is 1.80. The first-order valence-corrected chi connectivity index (χ1v) is 5.60. The summed E-state index contributed by atoms with van der Waals surface area (Å²) in [4.78, 5) is 14.6. The molecule has 1 aliphatic heterocycles. The Morgan fingerprint density at radius 1 is 1.59 bits per heavy atom. The summed E-state index contributed by atoms with van der Waals surface area (Å²) in [5, 5.41) is 8.76. The van der Waals surface area contributed by atoms with Crippen molar-refractivity contribution >= 4 is 5.97 Å². The van der Waals surface area contributed by atoms with Crippen molar-refractivity contribution in [3.63, 3.8) is 0 Å². The molecule has 0 aliphatic carbocycles. The number of carboxylic acids is 1. The topological polar surface area (TPSA) is 68.7 Å². The summed E-state index contributed by atoms with van der Waals surface area (Å²) in [5.41, 5.74) is 1.00. The molecule has 5 nitrogen and oxygen atoms in total. The molecular formula is C12H15NO4. The van der Waals surface area contributed by atoms with Gasteiger partial charge in [-0.15, -0.1) is 0 Å². The van der Waals surface area contributed by atoms with Crippen molar-refractivity contribution < 1.29 is 19.4 Å². The van der Waals surface area contributed by atoms with E-state index in [0.29, 0.717) is 19.6 Å². The van der Waals surface area contributed by atoms with E-state index in [4.69, 9.17) is 14.6 Å². The van der Waals surface area contributed by atoms with Gasteiger partial charge in [-0.3, -0.25) is 4.98 Å². The molecule has 2 rings (SSSR count). The lowest BCUT2D eigenvalue weighted by Crippen LogP contribution is -2.22. The highest BCUT2D eigenvalue weighted by atomic mass is 16.6. The molecule has 2 unspecified atom stereocenters. The minimum atomic E-state index is -0.889. The van der Waals surface area contributed by atoms with Gasteiger partial charge in [0.2, 0.25) is 0 Å². The predicted octanol–water partition coefficient (Wildman–Crippen LogP) is 1.23. The Balaban J connectivity index is 1.68. The molecule has 1 aromatic rings. The van der Waals surface area contributed by atoms with Gasteiger partial charge in [0, 0.05) is 12.4 Å². The summed E-state index contributed by atoms with van der Waals surface area (Å²) in [6.45, 7) is 0.907. The zero-order valence-electron chi connectivity index (χ0n) is 9.41. The number of nitrogens with zero attached hydrogens (tertiary/aromatic N) is 1. The average molecular weight is 237 g/mol. The number of aromatic nitrogens is 1. The van der Waals surface area contributed by atoms with Crippen LogP contribution in [0.4, 0.5) is 0 Å². The van der Waals surface area contributed by atoms with Crippen molar-refractivity contribution in [3.05, 3.63) is 30.1 Å². The SMILES string of the molecule is O=C(O)C1CCC(COCc2cccnc2)O1. The van der Waals surface area contributed by atoms with Crippen LogP contribution in [0.5, 0.6) is 0 Å². The molecule has 0 saturated carbocycles. The second-order valence-electron chi connectivity index (χ2n) is 4.04. The van der Waals surface area contributed by atoms with E-state index in [0.717, 1.165) is 12.0 Å². The Hall–Kier alpha value is -1.46. The van der Waals surface area contributed by atoms with Crippen molar-refractivity contribution in [2.45, 2.75) is 31.7 Å². The monoisotopic (exact) mass is 237 g/mol. The van der Waals surface area contributed by atoms with Gasteiger partial charge in [0.1, 0.15) is 0 Å². The Morgan fingerprint density at radius 3 is 3.12 bits per heavy atom. The van der Waals surface area contributed by atoms with Crippen LogP contribution in [0.1, 0.15) is 18.4 Å². The molecular weight excluding hydrogens is 222 g/mol. The van der Waals surface area contributed by atoms with E-state index in [1.54, 1.807) is 12.4 Å². The van der Waals surface area contributed by atoms with Gasteiger partial charge in [0.05, 0.1) is 19.3 Å². The van der Waals surface area contributed by atoms with E-state index in [1.807, 2.05) is 12.1 Å². The summed E-state index contributed by atoms with van der Waals surface area (Å²) < 4.78 is 10.8. The molecule has 17 heavy (non-hydrogen) atoms. The Labute approximate surface area is 99.4 Å². The van der Waals surface area contributed by atoms with Gasteiger partial charge < -0.3 is 14.6 Å². The number of carboxylic acid groups (broad SMARTS) is 1. The molecule has 92 valence electrons. The molecule has 5 heteroatoms. The molecule has 1 aliphatic rings. The molecule has 0 amide bonds. The van der Waals surface area contributed by atoms with Gasteiger partial charge in [-0.25, -0.2) is 4.79 Å². The smallest absolute Gasteiger partial charge is 0.332 e. The lowest BCUT2D eigenvalue weighted by Gasteiger charge is -2.11. The molecule has 0 radical (unpaired) electrons. The zero-order valence-corrected chi connectivity index (χ0v) is 9.41. The van der Waals surface area contributed by atoms with E-state index in [-0.39, 0.29) is 6.10 Å². The number of ether oxygens (including phenoxy) is 2. The van der Waals surface area contributed by atoms with Crippen LogP contribution in [0.25, 0.3) is 0 Å². The van der Waals surface area contributed by atoms with Crippen molar-refractivity contribution in [3.8, 4) is 0 Å². The summed E-state index contributed by atoms with van der Waals surface area (Å²) in [6.07, 6.45) is 3.99. The molecule has 0 spiro atoms. The molecule has 2 heterocycles. The van der Waals surface area contributed by atoms with E-state index >= 15 is 0 Å². The quantitative estimate of drug-likeness (QED) is 0.834. The van der Waals surface area contributed by atoms with Crippen molar-refractivity contribution in [1.82, 2.24) is 4.98 Å². The van der Waals surface area contributed by atoms with Gasteiger partial charge >= 0.3 is 5.97 Å². The van der Waals surface area contributed by atoms with E-state index in [2.05, 4.69) is 4.98 Å². The van der Waals surface area contributed by atoms with Crippen molar-refractivity contribution in [2.75, 3.05) is 6.61 Å². The van der Waals surface area contributed by atoms with Crippen molar-refractivity contribution in [2.24, 2.45) is 0 Å². The molecule has 1 saturated heterocycles. The highest BCUT2D eigenvalue weighted by Gasteiger charge is 2.30. The van der Waals surface area contributed by atoms with E-state index in [1.165, 1.54) is 0 Å². The van der Waals surface area contributed by atoms with Crippen LogP contribution in [-0.4, -0.2) is 34.9 Å². The normalized spacial score (nSPS) is 23.8. The number of aliphatic carboxylic acids is 1. The Kier molecular flexibility index (Phi) is 4.06. The fourth-order valence-electron chi connectivity index (χ4n) is 1.80. The van der Waals surface area contributed by atoms with Gasteiger partial charge in [-0.2, -0.15) is 0 Å². The maximum Gasteiger partial charge on any atom is 0.332 e. The minimum Gasteiger partial charge on any atom is -0.479 e. The molecule has 1 N–H and O–H groups in total. The van der Waals surface area contributed by atoms with E-state index < -0.39 is 12.1 Å². The van der Waals surface area contributed by atoms with Crippen LogP contribution in [0, 0.1) is 0 Å². The minimum absolute atomic E-state index is 0.104. The third-order valence-electron chi connectivity index (χ3n) is 2.68. The number of carbonyl (C=O) groups is 1. The molecule has 1 aromatic heterocycles. The average Bonchev–Trinajstić information content (AvgIpc) is 2.79. The standard InChI is InChI=1S/C12H15NO4/c14-12(15)11-4-3-10(17-11)8-16-7-9-2-1-5-13-6-9/h1-2,5-6,10-11H,3-4,7-8H2,(H,14,15). The van der Waals surface area contributed by atoms with Gasteiger partial charge in [-0.05, 0) is 24.5 Å². The van der Waals surface area contributed by atoms with Crippen LogP contribution in [0.2, 0.25) is 0 Å². The van der Waals surface area contributed by atoms with Gasteiger partial charge in [0.25, 0.3) is 0 Å². The third-order valence-corrected chi connectivity index (χ3v) is 2.68. The molecule has 2 atom stereocenters. The van der Waals surface area contributed by atoms with Crippen LogP contribution in [-0.2, 0) is 20.9 Å². The van der Waals surface area contributed by atoms with Crippen molar-refractivity contribution in [1.29, 1.82) is 0 Å². The second kappa shape index (κ2) is 5.75. The number of pyridine rings is 1. The van der Waals surface area contributed by atoms with Crippen LogP contribution >= 0.6 is 0 Å². The largest absolute Gasteiger partial charge is 0.479 e. The molecule has 0 bridgehead atoms. The van der Waals surface area contributed by atoms with Crippen LogP contribution < -0.4 is 0 Å². The first-order chi connectivity index (χ1) is 8.25. The summed E-state index contributed by atoms with van der Waals surface area (Å²) in [5.74, 6) is -0.889.